The highest BCUT2D eigenvalue weighted by Crippen LogP contribution is 2.28. The van der Waals surface area contributed by atoms with Gasteiger partial charge >= 0.3 is 5.97 Å². The fourth-order valence-electron chi connectivity index (χ4n) is 3.23. The van der Waals surface area contributed by atoms with E-state index in [0.29, 0.717) is 18.7 Å². The summed E-state index contributed by atoms with van der Waals surface area (Å²) in [5, 5.41) is 8.99. The number of aromatic carboxylic acids is 1. The van der Waals surface area contributed by atoms with Gasteiger partial charge in [0.15, 0.2) is 0 Å². The number of carbonyl (C=O) groups is 2. The number of piperidine rings is 1. The molecule has 6 heteroatoms. The fourth-order valence-corrected chi connectivity index (χ4v) is 3.23. The number of benzene rings is 1. The first-order chi connectivity index (χ1) is 12.0. The van der Waals surface area contributed by atoms with E-state index in [1.54, 1.807) is 36.3 Å². The van der Waals surface area contributed by atoms with E-state index < -0.39 is 5.97 Å². The number of hydrogen-bond acceptors (Lipinski definition) is 3. The molecule has 2 heterocycles. The van der Waals surface area contributed by atoms with Crippen molar-refractivity contribution in [2.24, 2.45) is 7.05 Å². The summed E-state index contributed by atoms with van der Waals surface area (Å²) < 4.78 is 1.40. The van der Waals surface area contributed by atoms with E-state index in [1.165, 1.54) is 10.6 Å². The Labute approximate surface area is 145 Å². The average Bonchev–Trinajstić information content (AvgIpc) is 2.63. The normalized spacial score (nSPS) is 17.3. The molecule has 25 heavy (non-hydrogen) atoms. The second-order valence-electron chi connectivity index (χ2n) is 6.38. The number of carboxylic acid groups (broad SMARTS) is 1. The van der Waals surface area contributed by atoms with Gasteiger partial charge in [-0.05, 0) is 36.6 Å². The highest BCUT2D eigenvalue weighted by molar-refractivity contribution is 5.94. The second kappa shape index (κ2) is 6.93. The van der Waals surface area contributed by atoms with E-state index in [1.807, 2.05) is 12.1 Å². The molecule has 6 nitrogen and oxygen atoms in total. The molecule has 0 saturated carbocycles. The number of pyridine rings is 1. The highest BCUT2D eigenvalue weighted by atomic mass is 16.4. The molecule has 1 saturated heterocycles. The molecular weight excluding hydrogens is 320 g/mol. The smallest absolute Gasteiger partial charge is 0.335 e. The monoisotopic (exact) mass is 340 g/mol. The van der Waals surface area contributed by atoms with Gasteiger partial charge < -0.3 is 14.6 Å². The van der Waals surface area contributed by atoms with Crippen LogP contribution in [0.15, 0.2) is 47.4 Å². The van der Waals surface area contributed by atoms with Gasteiger partial charge in [0.25, 0.3) is 5.91 Å². The first kappa shape index (κ1) is 17.0. The Kier molecular flexibility index (Phi) is 4.70. The molecule has 0 bridgehead atoms. The van der Waals surface area contributed by atoms with Crippen LogP contribution in [0, 0.1) is 0 Å². The molecule has 1 aliphatic heterocycles. The van der Waals surface area contributed by atoms with Crippen LogP contribution in [0.3, 0.4) is 0 Å². The van der Waals surface area contributed by atoms with Crippen molar-refractivity contribution in [1.82, 2.24) is 9.47 Å². The number of carboxylic acids is 1. The van der Waals surface area contributed by atoms with Gasteiger partial charge in [-0.3, -0.25) is 9.59 Å². The largest absolute Gasteiger partial charge is 0.478 e. The van der Waals surface area contributed by atoms with E-state index in [4.69, 9.17) is 5.11 Å². The zero-order valence-electron chi connectivity index (χ0n) is 14.0. The highest BCUT2D eigenvalue weighted by Gasteiger charge is 2.25. The minimum atomic E-state index is -0.943. The van der Waals surface area contributed by atoms with Gasteiger partial charge in [0.05, 0.1) is 11.1 Å². The predicted molar refractivity (Wildman–Crippen MR) is 93.0 cm³/mol. The molecule has 1 aliphatic rings. The van der Waals surface area contributed by atoms with E-state index in [2.05, 4.69) is 0 Å². The molecule has 1 unspecified atom stereocenters. The van der Waals surface area contributed by atoms with Gasteiger partial charge in [0.2, 0.25) is 5.56 Å². The van der Waals surface area contributed by atoms with Crippen LogP contribution < -0.4 is 5.56 Å². The van der Waals surface area contributed by atoms with Gasteiger partial charge in [-0.2, -0.15) is 0 Å². The average molecular weight is 340 g/mol. The Morgan fingerprint density at radius 3 is 2.40 bits per heavy atom. The number of amides is 1. The number of aromatic nitrogens is 1. The molecule has 0 aliphatic carbocycles. The van der Waals surface area contributed by atoms with Gasteiger partial charge in [0.1, 0.15) is 0 Å². The Morgan fingerprint density at radius 2 is 1.76 bits per heavy atom. The summed E-state index contributed by atoms with van der Waals surface area (Å²) in [5.41, 5.74) is 1.66. The molecule has 0 radical (unpaired) electrons. The molecule has 1 atom stereocenters. The van der Waals surface area contributed by atoms with Crippen molar-refractivity contribution in [2.75, 3.05) is 13.1 Å². The van der Waals surface area contributed by atoms with Crippen LogP contribution in [0.1, 0.15) is 45.0 Å². The van der Waals surface area contributed by atoms with Gasteiger partial charge in [-0.15, -0.1) is 0 Å². The maximum absolute atomic E-state index is 12.7. The van der Waals surface area contributed by atoms with Crippen molar-refractivity contribution in [3.63, 3.8) is 0 Å². The number of nitrogens with zero attached hydrogens (tertiary/aromatic N) is 2. The zero-order valence-corrected chi connectivity index (χ0v) is 14.0. The summed E-state index contributed by atoms with van der Waals surface area (Å²) >= 11 is 0. The minimum Gasteiger partial charge on any atom is -0.478 e. The van der Waals surface area contributed by atoms with Crippen molar-refractivity contribution >= 4 is 11.9 Å². The van der Waals surface area contributed by atoms with Crippen molar-refractivity contribution in [1.29, 1.82) is 0 Å². The number of rotatable bonds is 3. The lowest BCUT2D eigenvalue weighted by Crippen LogP contribution is -2.39. The topological polar surface area (TPSA) is 79.6 Å². The molecule has 1 aromatic carbocycles. The van der Waals surface area contributed by atoms with Gasteiger partial charge in [0, 0.05) is 38.3 Å². The molecule has 1 fully saturated rings. The quantitative estimate of drug-likeness (QED) is 0.928. The summed E-state index contributed by atoms with van der Waals surface area (Å²) in [6.07, 6.45) is 3.42. The third kappa shape index (κ3) is 3.63. The van der Waals surface area contributed by atoms with Crippen LogP contribution in [0.2, 0.25) is 0 Å². The number of likely N-dealkylation sites (tertiary alicyclic amines) is 1. The van der Waals surface area contributed by atoms with Gasteiger partial charge in [-0.25, -0.2) is 4.79 Å². The lowest BCUT2D eigenvalue weighted by atomic mass is 9.90. The summed E-state index contributed by atoms with van der Waals surface area (Å²) in [5.74, 6) is -0.836. The Hall–Kier alpha value is -2.89. The van der Waals surface area contributed by atoms with E-state index in [-0.39, 0.29) is 22.9 Å². The molecule has 1 amide bonds. The predicted octanol–water partition coefficient (Wildman–Crippen LogP) is 2.10. The summed E-state index contributed by atoms with van der Waals surface area (Å²) in [6, 6.07) is 9.83. The second-order valence-corrected chi connectivity index (χ2v) is 6.38. The Morgan fingerprint density at radius 1 is 1.08 bits per heavy atom. The number of carbonyl (C=O) groups excluding carboxylic acids is 1. The molecule has 130 valence electrons. The van der Waals surface area contributed by atoms with Gasteiger partial charge in [-0.1, -0.05) is 12.1 Å². The van der Waals surface area contributed by atoms with Crippen LogP contribution in [-0.2, 0) is 7.05 Å². The standard InChI is InChI=1S/C19H20N2O4/c1-20-11-16(8-9-17(20)22)18(23)21-10-2-3-15(12-21)13-4-6-14(7-5-13)19(24)25/h4-9,11,15H,2-3,10,12H2,1H3,(H,24,25). The number of hydrogen-bond donors (Lipinski definition) is 1. The third-order valence-corrected chi connectivity index (χ3v) is 4.67. The minimum absolute atomic E-state index is 0.0811. The van der Waals surface area contributed by atoms with Crippen molar-refractivity contribution in [3.8, 4) is 0 Å². The maximum Gasteiger partial charge on any atom is 0.335 e. The van der Waals surface area contributed by atoms with E-state index >= 15 is 0 Å². The molecule has 0 spiro atoms. The van der Waals surface area contributed by atoms with Crippen molar-refractivity contribution in [2.45, 2.75) is 18.8 Å². The SMILES string of the molecule is Cn1cc(C(=O)N2CCCC(c3ccc(C(=O)O)cc3)C2)ccc1=O. The first-order valence-electron chi connectivity index (χ1n) is 8.25. The van der Waals surface area contributed by atoms with Crippen LogP contribution in [0.5, 0.6) is 0 Å². The maximum atomic E-state index is 12.7. The number of aryl methyl sites for hydroxylation is 1. The summed E-state index contributed by atoms with van der Waals surface area (Å²) in [6.45, 7) is 1.28. The Balaban J connectivity index is 1.76. The molecule has 1 N–H and O–H groups in total. The van der Waals surface area contributed by atoms with Crippen LogP contribution >= 0.6 is 0 Å². The fraction of sp³-hybridized carbons (Fsp3) is 0.316. The first-order valence-corrected chi connectivity index (χ1v) is 8.25. The molecule has 2 aromatic rings. The summed E-state index contributed by atoms with van der Waals surface area (Å²) in [4.78, 5) is 37.0. The van der Waals surface area contributed by atoms with Crippen LogP contribution in [0.25, 0.3) is 0 Å². The van der Waals surface area contributed by atoms with E-state index in [9.17, 15) is 14.4 Å². The molecule has 1 aromatic heterocycles. The lowest BCUT2D eigenvalue weighted by molar-refractivity contribution is 0.0693. The van der Waals surface area contributed by atoms with Crippen molar-refractivity contribution in [3.05, 3.63) is 69.6 Å². The third-order valence-electron chi connectivity index (χ3n) is 4.67. The zero-order chi connectivity index (χ0) is 18.0. The van der Waals surface area contributed by atoms with Crippen LogP contribution in [-0.4, -0.2) is 39.5 Å². The lowest BCUT2D eigenvalue weighted by Gasteiger charge is -2.33. The Bertz CT molecular complexity index is 854. The van der Waals surface area contributed by atoms with E-state index in [0.717, 1.165) is 18.4 Å². The molecular formula is C19H20N2O4. The summed E-state index contributed by atoms with van der Waals surface area (Å²) in [7, 11) is 1.63. The van der Waals surface area contributed by atoms with Crippen molar-refractivity contribution < 1.29 is 14.7 Å². The molecule has 3 rings (SSSR count). The van der Waals surface area contributed by atoms with Crippen LogP contribution in [0.4, 0.5) is 0 Å².